The van der Waals surface area contributed by atoms with Gasteiger partial charge in [-0.15, -0.1) is 0 Å². The minimum atomic E-state index is -1.01. The lowest BCUT2D eigenvalue weighted by molar-refractivity contribution is 0.100. The molecule has 0 aliphatic carbocycles. The van der Waals surface area contributed by atoms with Crippen LogP contribution < -0.4 is 11.1 Å². The minimum Gasteiger partial charge on any atom is -0.366 e. The molecule has 25 heavy (non-hydrogen) atoms. The number of amides is 1. The number of nitrogens with one attached hydrogen (secondary N) is 1. The molecule has 1 amide bonds. The Kier molecular flexibility index (Phi) is 3.67. The fraction of sp³-hybridized carbons (Fsp3) is 0.263. The number of alkyl halides is 1. The van der Waals surface area contributed by atoms with Gasteiger partial charge in [0.1, 0.15) is 11.7 Å². The summed E-state index contributed by atoms with van der Waals surface area (Å²) in [7, 11) is 0. The van der Waals surface area contributed by atoms with Crippen LogP contribution in [-0.2, 0) is 0 Å². The van der Waals surface area contributed by atoms with Crippen LogP contribution in [0.2, 0.25) is 0 Å². The zero-order valence-electron chi connectivity index (χ0n) is 14.6. The van der Waals surface area contributed by atoms with Crippen LogP contribution in [0.1, 0.15) is 29.6 Å². The zero-order chi connectivity index (χ0) is 18.3. The van der Waals surface area contributed by atoms with E-state index in [0.29, 0.717) is 24.2 Å². The molecule has 1 aliphatic heterocycles. The van der Waals surface area contributed by atoms with Gasteiger partial charge < -0.3 is 11.1 Å². The highest BCUT2D eigenvalue weighted by molar-refractivity contribution is 6.04. The highest BCUT2D eigenvalue weighted by atomic mass is 19.1. The topological polar surface area (TPSA) is 72.9 Å². The molecule has 128 valence electrons. The van der Waals surface area contributed by atoms with Crippen LogP contribution in [0.3, 0.4) is 0 Å². The number of halogens is 1. The Labute approximate surface area is 146 Å². The van der Waals surface area contributed by atoms with Crippen molar-refractivity contribution in [2.24, 2.45) is 5.73 Å². The SMILES string of the molecule is [2H][C@@]1(c2ccc(-n3cc4cccc(C(N)=O)c4n3)cc2)CNC[C@@H](F)C1. The number of aromatic nitrogens is 2. The van der Waals surface area contributed by atoms with Gasteiger partial charge in [-0.1, -0.05) is 24.3 Å². The molecule has 5 nitrogen and oxygen atoms in total. The first-order valence-electron chi connectivity index (χ1n) is 8.70. The number of nitrogens with zero attached hydrogens (tertiary/aromatic N) is 2. The normalized spacial score (nSPS) is 24.2. The largest absolute Gasteiger partial charge is 0.366 e. The van der Waals surface area contributed by atoms with Crippen LogP contribution in [0.25, 0.3) is 16.6 Å². The Hall–Kier alpha value is -2.73. The lowest BCUT2D eigenvalue weighted by Crippen LogP contribution is -2.36. The monoisotopic (exact) mass is 339 g/mol. The number of primary amides is 1. The van der Waals surface area contributed by atoms with Gasteiger partial charge in [0.2, 0.25) is 0 Å². The molecule has 2 aromatic carbocycles. The molecule has 2 heterocycles. The molecule has 6 heteroatoms. The van der Waals surface area contributed by atoms with E-state index < -0.39 is 18.0 Å². The molecule has 1 saturated heterocycles. The first kappa shape index (κ1) is 14.6. The molecule has 3 N–H and O–H groups in total. The van der Waals surface area contributed by atoms with Gasteiger partial charge in [0.05, 0.1) is 11.3 Å². The van der Waals surface area contributed by atoms with Crippen molar-refractivity contribution in [1.82, 2.24) is 15.1 Å². The quantitative estimate of drug-likeness (QED) is 0.770. The van der Waals surface area contributed by atoms with Crippen LogP contribution in [0.4, 0.5) is 4.39 Å². The highest BCUT2D eigenvalue weighted by Crippen LogP contribution is 2.26. The summed E-state index contributed by atoms with van der Waals surface area (Å²) in [6, 6.07) is 12.7. The second-order valence-corrected chi connectivity index (χ2v) is 6.26. The second-order valence-electron chi connectivity index (χ2n) is 6.26. The van der Waals surface area contributed by atoms with Crippen molar-refractivity contribution in [3.05, 3.63) is 59.8 Å². The second kappa shape index (κ2) is 6.29. The third kappa shape index (κ3) is 3.00. The first-order valence-corrected chi connectivity index (χ1v) is 8.20. The molecule has 0 radical (unpaired) electrons. The molecule has 1 aliphatic rings. The number of carbonyl (C=O) groups is 1. The molecule has 1 fully saturated rings. The molecule has 0 saturated carbocycles. The molecular formula is C19H19FN4O. The Morgan fingerprint density at radius 1 is 1.28 bits per heavy atom. The molecule has 1 aromatic heterocycles. The van der Waals surface area contributed by atoms with Crippen LogP contribution in [0.15, 0.2) is 48.7 Å². The smallest absolute Gasteiger partial charge is 0.250 e. The van der Waals surface area contributed by atoms with E-state index in [1.165, 1.54) is 0 Å². The lowest BCUT2D eigenvalue weighted by atomic mass is 9.91. The number of carbonyl (C=O) groups excluding carboxylic acids is 1. The van der Waals surface area contributed by atoms with Gasteiger partial charge in [-0.2, -0.15) is 5.10 Å². The maximum Gasteiger partial charge on any atom is 0.250 e. The van der Waals surface area contributed by atoms with E-state index in [4.69, 9.17) is 7.10 Å². The Morgan fingerprint density at radius 3 is 2.80 bits per heavy atom. The Balaban J connectivity index is 1.68. The van der Waals surface area contributed by atoms with Gasteiger partial charge in [0, 0.05) is 26.0 Å². The summed E-state index contributed by atoms with van der Waals surface area (Å²) in [5.74, 6) is -1.48. The Bertz CT molecular complexity index is 971. The molecule has 0 bridgehead atoms. The Morgan fingerprint density at radius 2 is 2.08 bits per heavy atom. The minimum absolute atomic E-state index is 0.187. The number of hydrogen-bond acceptors (Lipinski definition) is 3. The summed E-state index contributed by atoms with van der Waals surface area (Å²) in [4.78, 5) is 11.6. The average Bonchev–Trinajstić information content (AvgIpc) is 3.05. The van der Waals surface area contributed by atoms with Crippen molar-refractivity contribution >= 4 is 16.8 Å². The standard InChI is InChI=1S/C19H19FN4O/c20-15-8-14(9-22-10-15)12-4-6-16(7-5-12)24-11-13-2-1-3-17(19(21)25)18(13)23-24/h1-7,11,14-15,22H,8-10H2,(H2,21,25)/t14-,15-/m0/s1/i14D. The van der Waals surface area contributed by atoms with Crippen LogP contribution in [0, 0.1) is 0 Å². The fourth-order valence-electron chi connectivity index (χ4n) is 3.24. The van der Waals surface area contributed by atoms with Crippen LogP contribution >= 0.6 is 0 Å². The fourth-order valence-corrected chi connectivity index (χ4v) is 3.24. The van der Waals surface area contributed by atoms with Crippen molar-refractivity contribution in [3.63, 3.8) is 0 Å². The summed E-state index contributed by atoms with van der Waals surface area (Å²) >= 11 is 0. The van der Waals surface area contributed by atoms with E-state index in [-0.39, 0.29) is 6.42 Å². The lowest BCUT2D eigenvalue weighted by Gasteiger charge is -2.26. The van der Waals surface area contributed by atoms with Gasteiger partial charge in [0.25, 0.3) is 5.91 Å². The average molecular weight is 339 g/mol. The maximum absolute atomic E-state index is 13.7. The van der Waals surface area contributed by atoms with Gasteiger partial charge in [-0.25, -0.2) is 9.07 Å². The number of hydrogen-bond donors (Lipinski definition) is 2. The summed E-state index contributed by atoms with van der Waals surface area (Å²) < 4.78 is 23.9. The van der Waals surface area contributed by atoms with Crippen molar-refractivity contribution in [1.29, 1.82) is 0 Å². The zero-order valence-corrected chi connectivity index (χ0v) is 13.6. The van der Waals surface area contributed by atoms with E-state index in [2.05, 4.69) is 10.4 Å². The summed E-state index contributed by atoms with van der Waals surface area (Å²) in [6.07, 6.45) is 1.00. The third-order valence-corrected chi connectivity index (χ3v) is 4.51. The predicted octanol–water partition coefficient (Wildman–Crippen LogP) is 2.54. The van der Waals surface area contributed by atoms with Crippen molar-refractivity contribution in [2.75, 3.05) is 13.1 Å². The van der Waals surface area contributed by atoms with E-state index >= 15 is 0 Å². The molecule has 2 atom stereocenters. The number of rotatable bonds is 3. The number of benzene rings is 2. The summed E-state index contributed by atoms with van der Waals surface area (Å²) in [6.45, 7) is 0.737. The molecular weight excluding hydrogens is 319 g/mol. The van der Waals surface area contributed by atoms with Crippen molar-refractivity contribution in [3.8, 4) is 5.69 Å². The predicted molar refractivity (Wildman–Crippen MR) is 94.7 cm³/mol. The van der Waals surface area contributed by atoms with Crippen molar-refractivity contribution in [2.45, 2.75) is 18.5 Å². The van der Waals surface area contributed by atoms with Gasteiger partial charge in [-0.3, -0.25) is 4.79 Å². The molecule has 3 aromatic rings. The van der Waals surface area contributed by atoms with E-state index in [0.717, 1.165) is 16.6 Å². The number of nitrogens with two attached hydrogens (primary N) is 1. The maximum atomic E-state index is 13.7. The van der Waals surface area contributed by atoms with E-state index in [9.17, 15) is 9.18 Å². The van der Waals surface area contributed by atoms with Gasteiger partial charge in [0.15, 0.2) is 0 Å². The number of fused-ring (bicyclic) bond motifs is 1. The third-order valence-electron chi connectivity index (χ3n) is 4.51. The van der Waals surface area contributed by atoms with Crippen LogP contribution in [-0.4, -0.2) is 34.9 Å². The molecule has 4 rings (SSSR count). The number of piperidine rings is 1. The highest BCUT2D eigenvalue weighted by Gasteiger charge is 2.22. The van der Waals surface area contributed by atoms with Gasteiger partial charge >= 0.3 is 0 Å². The summed E-state index contributed by atoms with van der Waals surface area (Å²) in [5.41, 5.74) is 7.91. The van der Waals surface area contributed by atoms with E-state index in [1.54, 1.807) is 16.8 Å². The van der Waals surface area contributed by atoms with Gasteiger partial charge in [-0.05, 0) is 36.1 Å². The van der Waals surface area contributed by atoms with Crippen molar-refractivity contribution < 1.29 is 10.6 Å². The first-order chi connectivity index (χ1) is 12.5. The summed E-state index contributed by atoms with van der Waals surface area (Å²) in [5, 5.41) is 8.27. The van der Waals surface area contributed by atoms with E-state index in [1.807, 2.05) is 36.5 Å². The van der Waals surface area contributed by atoms with Crippen LogP contribution in [0.5, 0.6) is 0 Å². The molecule has 0 spiro atoms. The molecule has 0 unspecified atom stereocenters.